The van der Waals surface area contributed by atoms with Gasteiger partial charge in [-0.2, -0.15) is 0 Å². The maximum Gasteiger partial charge on any atom is 0.341 e. The van der Waals surface area contributed by atoms with Gasteiger partial charge in [-0.15, -0.1) is 0 Å². The molecule has 8 nitrogen and oxygen atoms in total. The summed E-state index contributed by atoms with van der Waals surface area (Å²) in [6.07, 6.45) is -1.21. The summed E-state index contributed by atoms with van der Waals surface area (Å²) < 4.78 is 5.03. The number of benzene rings is 2. The van der Waals surface area contributed by atoms with Gasteiger partial charge in [-0.05, 0) is 31.2 Å². The molecule has 0 bridgehead atoms. The predicted octanol–water partition coefficient (Wildman–Crippen LogP) is 3.67. The molecule has 0 heterocycles. The van der Waals surface area contributed by atoms with Crippen molar-refractivity contribution in [1.82, 2.24) is 0 Å². The van der Waals surface area contributed by atoms with E-state index in [4.69, 9.17) is 33.7 Å². The number of anilines is 2. The number of nitrogen functional groups attached to an aromatic ring is 1. The van der Waals surface area contributed by atoms with Crippen LogP contribution in [0.3, 0.4) is 0 Å². The fourth-order valence-electron chi connectivity index (χ4n) is 1.94. The fourth-order valence-corrected chi connectivity index (χ4v) is 2.28. The van der Waals surface area contributed by atoms with Gasteiger partial charge in [0, 0.05) is 22.8 Å². The third-order valence-electron chi connectivity index (χ3n) is 3.31. The molecule has 2 aromatic rings. The Bertz CT molecular complexity index is 888. The number of nitrogens with zero attached hydrogens (tertiary/aromatic N) is 1. The second-order valence-electron chi connectivity index (χ2n) is 5.19. The lowest BCUT2D eigenvalue weighted by atomic mass is 10.1. The van der Waals surface area contributed by atoms with Crippen molar-refractivity contribution in [3.05, 3.63) is 62.1 Å². The number of nitro benzene ring substituents is 1. The van der Waals surface area contributed by atoms with Crippen molar-refractivity contribution in [1.29, 1.82) is 0 Å². The summed E-state index contributed by atoms with van der Waals surface area (Å²) in [5.41, 5.74) is 5.36. The second-order valence-corrected chi connectivity index (χ2v) is 6.03. The summed E-state index contributed by atoms with van der Waals surface area (Å²) in [6.45, 7) is 1.33. The zero-order valence-corrected chi connectivity index (χ0v) is 14.9. The van der Waals surface area contributed by atoms with Gasteiger partial charge in [-0.1, -0.05) is 23.2 Å². The fraction of sp³-hybridized carbons (Fsp3) is 0.125. The van der Waals surface area contributed by atoms with E-state index in [1.54, 1.807) is 6.07 Å². The first-order valence-corrected chi connectivity index (χ1v) is 7.95. The van der Waals surface area contributed by atoms with Crippen molar-refractivity contribution >= 4 is 52.1 Å². The van der Waals surface area contributed by atoms with Crippen LogP contribution < -0.4 is 11.1 Å². The van der Waals surface area contributed by atoms with Crippen molar-refractivity contribution in [2.75, 3.05) is 11.1 Å². The van der Waals surface area contributed by atoms with Crippen LogP contribution in [0.2, 0.25) is 10.0 Å². The van der Waals surface area contributed by atoms with Crippen molar-refractivity contribution in [3.63, 3.8) is 0 Å². The predicted molar refractivity (Wildman–Crippen MR) is 97.5 cm³/mol. The summed E-state index contributed by atoms with van der Waals surface area (Å²) >= 11 is 11.8. The SMILES string of the molecule is C[C@H](OC(=O)c1cc([N+](=O)[O-])ccc1N)C(=O)Nc1cc(Cl)ccc1Cl. The van der Waals surface area contributed by atoms with Gasteiger partial charge in [0.25, 0.3) is 11.6 Å². The average molecular weight is 398 g/mol. The third-order valence-corrected chi connectivity index (χ3v) is 3.87. The molecule has 0 fully saturated rings. The highest BCUT2D eigenvalue weighted by molar-refractivity contribution is 6.35. The van der Waals surface area contributed by atoms with Crippen LogP contribution in [-0.4, -0.2) is 22.9 Å². The van der Waals surface area contributed by atoms with E-state index >= 15 is 0 Å². The number of hydrogen-bond acceptors (Lipinski definition) is 6. The number of halogens is 2. The molecule has 2 rings (SSSR count). The van der Waals surface area contributed by atoms with Gasteiger partial charge in [-0.3, -0.25) is 14.9 Å². The number of ether oxygens (including phenoxy) is 1. The highest BCUT2D eigenvalue weighted by atomic mass is 35.5. The lowest BCUT2D eigenvalue weighted by molar-refractivity contribution is -0.384. The number of rotatable bonds is 5. The number of nitrogens with one attached hydrogen (secondary N) is 1. The van der Waals surface area contributed by atoms with Crippen LogP contribution in [0.25, 0.3) is 0 Å². The largest absolute Gasteiger partial charge is 0.449 e. The zero-order chi connectivity index (χ0) is 19.4. The van der Waals surface area contributed by atoms with E-state index in [2.05, 4.69) is 5.32 Å². The van der Waals surface area contributed by atoms with Gasteiger partial charge in [0.15, 0.2) is 6.10 Å². The molecular formula is C16H13Cl2N3O5. The smallest absolute Gasteiger partial charge is 0.341 e. The molecule has 0 aliphatic rings. The van der Waals surface area contributed by atoms with Gasteiger partial charge in [0.05, 0.1) is 21.2 Å². The number of nitro groups is 1. The van der Waals surface area contributed by atoms with Crippen molar-refractivity contribution in [2.24, 2.45) is 0 Å². The molecule has 0 aliphatic heterocycles. The third kappa shape index (κ3) is 4.62. The molecule has 3 N–H and O–H groups in total. The Morgan fingerprint density at radius 3 is 2.58 bits per heavy atom. The van der Waals surface area contributed by atoms with Crippen LogP contribution in [0.1, 0.15) is 17.3 Å². The highest BCUT2D eigenvalue weighted by Crippen LogP contribution is 2.26. The first-order chi connectivity index (χ1) is 12.2. The maximum atomic E-state index is 12.2. The Morgan fingerprint density at radius 1 is 1.23 bits per heavy atom. The van der Waals surface area contributed by atoms with Gasteiger partial charge < -0.3 is 15.8 Å². The monoisotopic (exact) mass is 397 g/mol. The van der Waals surface area contributed by atoms with Gasteiger partial charge >= 0.3 is 5.97 Å². The maximum absolute atomic E-state index is 12.2. The van der Waals surface area contributed by atoms with E-state index in [1.807, 2.05) is 0 Å². The number of esters is 1. The quantitative estimate of drug-likeness (QED) is 0.343. The molecule has 26 heavy (non-hydrogen) atoms. The van der Waals surface area contributed by atoms with E-state index in [9.17, 15) is 19.7 Å². The van der Waals surface area contributed by atoms with Crippen LogP contribution in [0.4, 0.5) is 17.1 Å². The van der Waals surface area contributed by atoms with Crippen LogP contribution in [0, 0.1) is 10.1 Å². The number of carbonyl (C=O) groups excluding carboxylic acids is 2. The molecule has 0 saturated heterocycles. The van der Waals surface area contributed by atoms with Crippen molar-refractivity contribution in [2.45, 2.75) is 13.0 Å². The zero-order valence-electron chi connectivity index (χ0n) is 13.4. The van der Waals surface area contributed by atoms with Crippen LogP contribution >= 0.6 is 23.2 Å². The van der Waals surface area contributed by atoms with Crippen LogP contribution in [-0.2, 0) is 9.53 Å². The van der Waals surface area contributed by atoms with Gasteiger partial charge in [-0.25, -0.2) is 4.79 Å². The molecule has 0 aromatic heterocycles. The van der Waals surface area contributed by atoms with Crippen molar-refractivity contribution in [3.8, 4) is 0 Å². The van der Waals surface area contributed by atoms with Crippen molar-refractivity contribution < 1.29 is 19.2 Å². The second kappa shape index (κ2) is 8.03. The first kappa shape index (κ1) is 19.5. The summed E-state index contributed by atoms with van der Waals surface area (Å²) in [7, 11) is 0. The number of non-ortho nitro benzene ring substituents is 1. The summed E-state index contributed by atoms with van der Waals surface area (Å²) in [5.74, 6) is -1.63. The summed E-state index contributed by atoms with van der Waals surface area (Å²) in [5, 5.41) is 13.9. The normalized spacial score (nSPS) is 11.5. The Morgan fingerprint density at radius 2 is 1.92 bits per heavy atom. The number of hydrogen-bond donors (Lipinski definition) is 2. The lowest BCUT2D eigenvalue weighted by Gasteiger charge is -2.15. The van der Waals surface area contributed by atoms with Gasteiger partial charge in [0.1, 0.15) is 0 Å². The van der Waals surface area contributed by atoms with E-state index < -0.39 is 22.9 Å². The molecule has 0 saturated carbocycles. The first-order valence-electron chi connectivity index (χ1n) is 7.20. The Hall–Kier alpha value is -2.84. The minimum atomic E-state index is -1.21. The molecule has 0 aliphatic carbocycles. The van der Waals surface area contributed by atoms with E-state index in [1.165, 1.54) is 25.1 Å². The molecule has 136 valence electrons. The van der Waals surface area contributed by atoms with Gasteiger partial charge in [0.2, 0.25) is 0 Å². The average Bonchev–Trinajstić information content (AvgIpc) is 2.58. The highest BCUT2D eigenvalue weighted by Gasteiger charge is 2.23. The Labute approximate surface area is 158 Å². The summed E-state index contributed by atoms with van der Waals surface area (Å²) in [6, 6.07) is 7.84. The number of amides is 1. The number of nitrogens with two attached hydrogens (primary N) is 1. The summed E-state index contributed by atoms with van der Waals surface area (Å²) in [4.78, 5) is 34.5. The minimum absolute atomic E-state index is 0.00825. The molecule has 2 aromatic carbocycles. The molecule has 1 amide bonds. The molecular weight excluding hydrogens is 385 g/mol. The van der Waals surface area contributed by atoms with E-state index in [-0.39, 0.29) is 27.6 Å². The van der Waals surface area contributed by atoms with E-state index in [0.29, 0.717) is 5.02 Å². The van der Waals surface area contributed by atoms with Crippen LogP contribution in [0.15, 0.2) is 36.4 Å². The molecule has 0 spiro atoms. The Kier molecular flexibility index (Phi) is 6.01. The lowest BCUT2D eigenvalue weighted by Crippen LogP contribution is -2.30. The topological polar surface area (TPSA) is 125 Å². The minimum Gasteiger partial charge on any atom is -0.449 e. The van der Waals surface area contributed by atoms with E-state index in [0.717, 1.165) is 12.1 Å². The standard InChI is InChI=1S/C16H13Cl2N3O5/c1-8(15(22)20-14-6-9(17)2-4-12(14)18)26-16(23)11-7-10(21(24)25)3-5-13(11)19/h2-8H,19H2,1H3,(H,20,22)/t8-/m0/s1. The Balaban J connectivity index is 2.11. The number of carbonyl (C=O) groups is 2. The molecule has 0 unspecified atom stereocenters. The molecule has 1 atom stereocenters. The molecule has 0 radical (unpaired) electrons. The van der Waals surface area contributed by atoms with Crippen LogP contribution in [0.5, 0.6) is 0 Å². The molecule has 10 heteroatoms.